The third kappa shape index (κ3) is 5.17. The maximum absolute atomic E-state index is 13.9. The summed E-state index contributed by atoms with van der Waals surface area (Å²) in [6.07, 6.45) is 0.939. The van der Waals surface area contributed by atoms with E-state index in [1.54, 1.807) is 12.1 Å². The molecule has 112 valence electrons. The topological polar surface area (TPSA) is 33.3 Å². The molecule has 0 fully saturated rings. The number of ether oxygens (including phenoxy) is 1. The van der Waals surface area contributed by atoms with Crippen LogP contribution in [-0.4, -0.2) is 6.61 Å². The first kappa shape index (κ1) is 15.5. The summed E-state index contributed by atoms with van der Waals surface area (Å²) in [7, 11) is 0. The monoisotopic (exact) mass is 288 g/mol. The molecule has 0 unspecified atom stereocenters. The number of nitrogens with one attached hydrogen (secondary N) is 2. The smallest absolute Gasteiger partial charge is 0.129 e. The van der Waals surface area contributed by atoms with Crippen LogP contribution in [0.1, 0.15) is 24.5 Å². The third-order valence-electron chi connectivity index (χ3n) is 3.02. The molecule has 2 aromatic carbocycles. The van der Waals surface area contributed by atoms with Crippen molar-refractivity contribution in [2.45, 2.75) is 26.5 Å². The highest BCUT2D eigenvalue weighted by atomic mass is 19.1. The van der Waals surface area contributed by atoms with Gasteiger partial charge in [0.1, 0.15) is 5.82 Å². The van der Waals surface area contributed by atoms with E-state index in [1.807, 2.05) is 43.3 Å². The van der Waals surface area contributed by atoms with Gasteiger partial charge in [-0.1, -0.05) is 37.3 Å². The summed E-state index contributed by atoms with van der Waals surface area (Å²) < 4.78 is 19.3. The van der Waals surface area contributed by atoms with Crippen molar-refractivity contribution in [3.8, 4) is 0 Å². The zero-order valence-corrected chi connectivity index (χ0v) is 12.2. The maximum Gasteiger partial charge on any atom is 0.129 e. The van der Waals surface area contributed by atoms with Crippen LogP contribution in [0.25, 0.3) is 0 Å². The molecule has 0 saturated carbocycles. The van der Waals surface area contributed by atoms with Crippen LogP contribution >= 0.6 is 0 Å². The molecule has 0 spiro atoms. The minimum atomic E-state index is -0.217. The molecular formula is C17H21FN2O. The Kier molecular flexibility index (Phi) is 6.19. The second kappa shape index (κ2) is 8.39. The van der Waals surface area contributed by atoms with Crippen molar-refractivity contribution in [2.75, 3.05) is 12.0 Å². The number of hydrogen-bond acceptors (Lipinski definition) is 3. The fourth-order valence-electron chi connectivity index (χ4n) is 1.91. The van der Waals surface area contributed by atoms with E-state index in [0.29, 0.717) is 25.3 Å². The van der Waals surface area contributed by atoms with Crippen LogP contribution < -0.4 is 10.9 Å². The van der Waals surface area contributed by atoms with Crippen LogP contribution in [0, 0.1) is 5.82 Å². The summed E-state index contributed by atoms with van der Waals surface area (Å²) in [5, 5.41) is 0. The summed E-state index contributed by atoms with van der Waals surface area (Å²) in [6.45, 7) is 3.56. The van der Waals surface area contributed by atoms with Gasteiger partial charge in [-0.25, -0.2) is 9.82 Å². The summed E-state index contributed by atoms with van der Waals surface area (Å²) in [6, 6.07) is 15.0. The van der Waals surface area contributed by atoms with Gasteiger partial charge in [0, 0.05) is 24.4 Å². The van der Waals surface area contributed by atoms with Gasteiger partial charge >= 0.3 is 0 Å². The van der Waals surface area contributed by atoms with Crippen molar-refractivity contribution in [2.24, 2.45) is 0 Å². The largest absolute Gasteiger partial charge is 0.377 e. The molecule has 3 nitrogen and oxygen atoms in total. The second-order valence-corrected chi connectivity index (χ2v) is 4.82. The van der Waals surface area contributed by atoms with Gasteiger partial charge < -0.3 is 10.2 Å². The standard InChI is InChI=1S/C17H21FN2O/c1-2-10-21-13-15-9-8-14(11-17(15)18)12-19-20-16-6-4-3-5-7-16/h3-9,11,19-20H,2,10,12-13H2,1H3. The first-order chi connectivity index (χ1) is 10.3. The van der Waals surface area contributed by atoms with Crippen molar-refractivity contribution in [3.63, 3.8) is 0 Å². The number of hydrazine groups is 1. The summed E-state index contributed by atoms with van der Waals surface area (Å²) in [5.74, 6) is -0.217. The molecule has 0 atom stereocenters. The normalized spacial score (nSPS) is 10.6. The molecule has 4 heteroatoms. The number of halogens is 1. The minimum Gasteiger partial charge on any atom is -0.377 e. The van der Waals surface area contributed by atoms with Gasteiger partial charge in [-0.3, -0.25) is 0 Å². The molecule has 2 aromatic rings. The lowest BCUT2D eigenvalue weighted by molar-refractivity contribution is 0.119. The molecule has 21 heavy (non-hydrogen) atoms. The van der Waals surface area contributed by atoms with Crippen molar-refractivity contribution in [1.29, 1.82) is 0 Å². The van der Waals surface area contributed by atoms with E-state index in [2.05, 4.69) is 10.9 Å². The fourth-order valence-corrected chi connectivity index (χ4v) is 1.91. The highest BCUT2D eigenvalue weighted by Crippen LogP contribution is 2.12. The van der Waals surface area contributed by atoms with Crippen molar-refractivity contribution in [1.82, 2.24) is 5.43 Å². The Balaban J connectivity index is 1.82. The number of hydrogen-bond donors (Lipinski definition) is 2. The molecule has 0 aliphatic rings. The fraction of sp³-hybridized carbons (Fsp3) is 0.294. The van der Waals surface area contributed by atoms with Gasteiger partial charge in [0.25, 0.3) is 0 Å². The maximum atomic E-state index is 13.9. The lowest BCUT2D eigenvalue weighted by Gasteiger charge is -2.10. The van der Waals surface area contributed by atoms with Gasteiger partial charge in [-0.15, -0.1) is 0 Å². The van der Waals surface area contributed by atoms with E-state index in [0.717, 1.165) is 17.7 Å². The van der Waals surface area contributed by atoms with Crippen molar-refractivity contribution in [3.05, 3.63) is 65.5 Å². The Bertz CT molecular complexity index is 546. The Morgan fingerprint density at radius 1 is 1.10 bits per heavy atom. The average molecular weight is 288 g/mol. The van der Waals surface area contributed by atoms with E-state index in [4.69, 9.17) is 4.74 Å². The van der Waals surface area contributed by atoms with Gasteiger partial charge in [0.05, 0.1) is 6.61 Å². The molecule has 0 aliphatic heterocycles. The number of rotatable bonds is 8. The molecule has 0 heterocycles. The van der Waals surface area contributed by atoms with Crippen LogP contribution in [0.4, 0.5) is 10.1 Å². The van der Waals surface area contributed by atoms with Gasteiger partial charge in [-0.05, 0) is 30.2 Å². The Morgan fingerprint density at radius 2 is 1.90 bits per heavy atom. The summed E-state index contributed by atoms with van der Waals surface area (Å²) in [5.41, 5.74) is 8.60. The number of para-hydroxylation sites is 1. The van der Waals surface area contributed by atoms with Crippen LogP contribution in [0.5, 0.6) is 0 Å². The van der Waals surface area contributed by atoms with Gasteiger partial charge in [0.15, 0.2) is 0 Å². The first-order valence-corrected chi connectivity index (χ1v) is 7.18. The molecule has 0 aromatic heterocycles. The van der Waals surface area contributed by atoms with E-state index in [9.17, 15) is 4.39 Å². The lowest BCUT2D eigenvalue weighted by Crippen LogP contribution is -2.20. The van der Waals surface area contributed by atoms with Gasteiger partial charge in [-0.2, -0.15) is 0 Å². The van der Waals surface area contributed by atoms with Crippen LogP contribution in [0.3, 0.4) is 0 Å². The van der Waals surface area contributed by atoms with E-state index < -0.39 is 0 Å². The average Bonchev–Trinajstić information content (AvgIpc) is 2.51. The molecule has 0 bridgehead atoms. The Morgan fingerprint density at radius 3 is 2.62 bits per heavy atom. The van der Waals surface area contributed by atoms with Crippen molar-refractivity contribution < 1.29 is 9.13 Å². The zero-order valence-electron chi connectivity index (χ0n) is 12.2. The predicted molar refractivity (Wildman–Crippen MR) is 83.3 cm³/mol. The third-order valence-corrected chi connectivity index (χ3v) is 3.02. The van der Waals surface area contributed by atoms with E-state index in [1.165, 1.54) is 0 Å². The van der Waals surface area contributed by atoms with Crippen LogP contribution in [0.15, 0.2) is 48.5 Å². The predicted octanol–water partition coefficient (Wildman–Crippen LogP) is 3.87. The summed E-state index contributed by atoms with van der Waals surface area (Å²) >= 11 is 0. The summed E-state index contributed by atoms with van der Waals surface area (Å²) in [4.78, 5) is 0. The molecule has 0 aliphatic carbocycles. The van der Waals surface area contributed by atoms with E-state index >= 15 is 0 Å². The van der Waals surface area contributed by atoms with Crippen LogP contribution in [-0.2, 0) is 17.9 Å². The minimum absolute atomic E-state index is 0.217. The molecule has 2 N–H and O–H groups in total. The number of benzene rings is 2. The van der Waals surface area contributed by atoms with Crippen LogP contribution in [0.2, 0.25) is 0 Å². The molecule has 0 amide bonds. The second-order valence-electron chi connectivity index (χ2n) is 4.82. The first-order valence-electron chi connectivity index (χ1n) is 7.18. The van der Waals surface area contributed by atoms with Gasteiger partial charge in [0.2, 0.25) is 0 Å². The Labute approximate surface area is 125 Å². The zero-order chi connectivity index (χ0) is 14.9. The SMILES string of the molecule is CCCOCc1ccc(CNNc2ccccc2)cc1F. The molecular weight excluding hydrogens is 267 g/mol. The highest BCUT2D eigenvalue weighted by Gasteiger charge is 2.03. The van der Waals surface area contributed by atoms with E-state index in [-0.39, 0.29) is 5.82 Å². The number of anilines is 1. The molecule has 2 rings (SSSR count). The molecule has 0 radical (unpaired) electrons. The van der Waals surface area contributed by atoms with Crippen molar-refractivity contribution >= 4 is 5.69 Å². The molecule has 0 saturated heterocycles. The highest BCUT2D eigenvalue weighted by molar-refractivity contribution is 5.41. The lowest BCUT2D eigenvalue weighted by atomic mass is 10.1. The Hall–Kier alpha value is -1.91. The quantitative estimate of drug-likeness (QED) is 0.571.